The highest BCUT2D eigenvalue weighted by Gasteiger charge is 2.26. The monoisotopic (exact) mass is 400 g/mol. The van der Waals surface area contributed by atoms with Crippen LogP contribution in [0.5, 0.6) is 0 Å². The number of halogens is 2. The van der Waals surface area contributed by atoms with Gasteiger partial charge in [-0.05, 0) is 56.0 Å². The molecule has 1 aliphatic carbocycles. The molecule has 0 unspecified atom stereocenters. The standard InChI is InChI=1S/C20H18Cl2N4O/c1-12-9-15(7-8-23-12)24-20(27)19-16-3-2-4-18(16)26(25-19)11-13-5-6-14(21)10-17(13)22/h5-10H,2-4,11H2,1H3,(H,23,24,27). The van der Waals surface area contributed by atoms with Crippen LogP contribution in [-0.4, -0.2) is 20.7 Å². The number of carbonyl (C=O) groups excluding carboxylic acids is 1. The number of rotatable bonds is 4. The van der Waals surface area contributed by atoms with E-state index in [1.807, 2.05) is 29.8 Å². The molecule has 27 heavy (non-hydrogen) atoms. The first-order valence-electron chi connectivity index (χ1n) is 8.78. The zero-order valence-electron chi connectivity index (χ0n) is 14.8. The van der Waals surface area contributed by atoms with Crippen LogP contribution < -0.4 is 5.32 Å². The second-order valence-electron chi connectivity index (χ2n) is 6.66. The molecule has 2 heterocycles. The molecule has 7 heteroatoms. The number of nitrogens with one attached hydrogen (secondary N) is 1. The number of amides is 1. The molecule has 0 fully saturated rings. The van der Waals surface area contributed by atoms with Crippen molar-refractivity contribution in [1.82, 2.24) is 14.8 Å². The van der Waals surface area contributed by atoms with Gasteiger partial charge in [0.2, 0.25) is 0 Å². The van der Waals surface area contributed by atoms with Crippen LogP contribution in [0, 0.1) is 6.92 Å². The zero-order valence-corrected chi connectivity index (χ0v) is 16.3. The number of pyridine rings is 1. The topological polar surface area (TPSA) is 59.8 Å². The van der Waals surface area contributed by atoms with Gasteiger partial charge in [0.05, 0.1) is 6.54 Å². The highest BCUT2D eigenvalue weighted by molar-refractivity contribution is 6.35. The summed E-state index contributed by atoms with van der Waals surface area (Å²) in [5.74, 6) is -0.195. The van der Waals surface area contributed by atoms with Gasteiger partial charge in [0.15, 0.2) is 5.69 Å². The number of carbonyl (C=O) groups is 1. The maximum absolute atomic E-state index is 12.8. The van der Waals surface area contributed by atoms with Crippen molar-refractivity contribution in [2.75, 3.05) is 5.32 Å². The maximum Gasteiger partial charge on any atom is 0.276 e. The fourth-order valence-corrected chi connectivity index (χ4v) is 3.92. The third kappa shape index (κ3) is 3.70. The third-order valence-electron chi connectivity index (χ3n) is 4.71. The summed E-state index contributed by atoms with van der Waals surface area (Å²) in [4.78, 5) is 17.0. The van der Waals surface area contributed by atoms with Crippen LogP contribution in [0.2, 0.25) is 10.0 Å². The number of aryl methyl sites for hydroxylation is 1. The Kier molecular flexibility index (Phi) is 4.89. The van der Waals surface area contributed by atoms with Crippen LogP contribution in [0.3, 0.4) is 0 Å². The minimum Gasteiger partial charge on any atom is -0.320 e. The van der Waals surface area contributed by atoms with Crippen LogP contribution in [-0.2, 0) is 19.4 Å². The van der Waals surface area contributed by atoms with Gasteiger partial charge < -0.3 is 5.32 Å². The molecule has 0 saturated heterocycles. The first-order valence-corrected chi connectivity index (χ1v) is 9.53. The minimum absolute atomic E-state index is 0.195. The molecule has 0 bridgehead atoms. The molecule has 0 atom stereocenters. The van der Waals surface area contributed by atoms with Crippen molar-refractivity contribution in [2.24, 2.45) is 0 Å². The smallest absolute Gasteiger partial charge is 0.276 e. The molecule has 4 rings (SSSR count). The van der Waals surface area contributed by atoms with Crippen molar-refractivity contribution >= 4 is 34.8 Å². The molecule has 2 aromatic heterocycles. The lowest BCUT2D eigenvalue weighted by Crippen LogP contribution is -2.15. The van der Waals surface area contributed by atoms with Crippen molar-refractivity contribution in [2.45, 2.75) is 32.7 Å². The number of anilines is 1. The summed E-state index contributed by atoms with van der Waals surface area (Å²) in [6, 6.07) is 9.04. The average molecular weight is 401 g/mol. The Hall–Kier alpha value is -2.37. The largest absolute Gasteiger partial charge is 0.320 e. The van der Waals surface area contributed by atoms with Gasteiger partial charge in [-0.2, -0.15) is 5.10 Å². The summed E-state index contributed by atoms with van der Waals surface area (Å²) in [5, 5.41) is 8.73. The molecular weight excluding hydrogens is 383 g/mol. The predicted molar refractivity (Wildman–Crippen MR) is 107 cm³/mol. The Morgan fingerprint density at radius 3 is 2.85 bits per heavy atom. The van der Waals surface area contributed by atoms with Crippen molar-refractivity contribution in [1.29, 1.82) is 0 Å². The molecule has 0 aliphatic heterocycles. The van der Waals surface area contributed by atoms with Crippen molar-refractivity contribution < 1.29 is 4.79 Å². The van der Waals surface area contributed by atoms with Gasteiger partial charge in [0.25, 0.3) is 5.91 Å². The van der Waals surface area contributed by atoms with Crippen molar-refractivity contribution in [3.05, 3.63) is 74.8 Å². The van der Waals surface area contributed by atoms with E-state index in [4.69, 9.17) is 23.2 Å². The first kappa shape index (κ1) is 18.0. The average Bonchev–Trinajstić information content (AvgIpc) is 3.21. The summed E-state index contributed by atoms with van der Waals surface area (Å²) in [5.41, 5.74) is 5.12. The van der Waals surface area contributed by atoms with E-state index < -0.39 is 0 Å². The van der Waals surface area contributed by atoms with Gasteiger partial charge in [-0.15, -0.1) is 0 Å². The molecule has 1 N–H and O–H groups in total. The van der Waals surface area contributed by atoms with E-state index in [2.05, 4.69) is 15.4 Å². The summed E-state index contributed by atoms with van der Waals surface area (Å²) in [6.07, 6.45) is 4.48. The lowest BCUT2D eigenvalue weighted by Gasteiger charge is -2.08. The Bertz CT molecular complexity index is 1030. The molecule has 3 aromatic rings. The number of hydrogen-bond acceptors (Lipinski definition) is 3. The van der Waals surface area contributed by atoms with Gasteiger partial charge in [-0.1, -0.05) is 29.3 Å². The molecule has 0 radical (unpaired) electrons. The third-order valence-corrected chi connectivity index (χ3v) is 5.30. The molecule has 5 nitrogen and oxygen atoms in total. The van der Waals surface area contributed by atoms with Crippen LogP contribution in [0.1, 0.15) is 39.4 Å². The minimum atomic E-state index is -0.195. The normalized spacial score (nSPS) is 12.9. The Balaban J connectivity index is 1.63. The molecule has 1 aromatic carbocycles. The van der Waals surface area contributed by atoms with E-state index in [9.17, 15) is 4.79 Å². The number of benzene rings is 1. The zero-order chi connectivity index (χ0) is 19.0. The van der Waals surface area contributed by atoms with Gasteiger partial charge in [-0.25, -0.2) is 0 Å². The number of fused-ring (bicyclic) bond motifs is 1. The summed E-state index contributed by atoms with van der Waals surface area (Å²) >= 11 is 12.3. The van der Waals surface area contributed by atoms with Crippen molar-refractivity contribution in [3.63, 3.8) is 0 Å². The fraction of sp³-hybridized carbons (Fsp3) is 0.250. The molecule has 1 aliphatic rings. The highest BCUT2D eigenvalue weighted by atomic mass is 35.5. The van der Waals surface area contributed by atoms with Crippen LogP contribution in [0.15, 0.2) is 36.5 Å². The second kappa shape index (κ2) is 7.33. The Morgan fingerprint density at radius 2 is 2.07 bits per heavy atom. The fourth-order valence-electron chi connectivity index (χ4n) is 3.45. The number of hydrogen-bond donors (Lipinski definition) is 1. The number of aromatic nitrogens is 3. The van der Waals surface area contributed by atoms with E-state index in [0.29, 0.717) is 22.3 Å². The van der Waals surface area contributed by atoms with Gasteiger partial charge in [0.1, 0.15) is 0 Å². The van der Waals surface area contributed by atoms with Gasteiger partial charge >= 0.3 is 0 Å². The molecule has 0 saturated carbocycles. The lowest BCUT2D eigenvalue weighted by molar-refractivity contribution is 0.102. The van der Waals surface area contributed by atoms with Gasteiger partial charge in [0, 0.05) is 38.9 Å². The second-order valence-corrected chi connectivity index (χ2v) is 7.50. The maximum atomic E-state index is 12.8. The molecule has 1 amide bonds. The summed E-state index contributed by atoms with van der Waals surface area (Å²) < 4.78 is 1.89. The predicted octanol–water partition coefficient (Wildman–Crippen LogP) is 4.68. The van der Waals surface area contributed by atoms with E-state index >= 15 is 0 Å². The van der Waals surface area contributed by atoms with E-state index in [-0.39, 0.29) is 5.91 Å². The lowest BCUT2D eigenvalue weighted by atomic mass is 10.2. The molecule has 0 spiro atoms. The van der Waals surface area contributed by atoms with Crippen molar-refractivity contribution in [3.8, 4) is 0 Å². The van der Waals surface area contributed by atoms with E-state index in [1.165, 1.54) is 0 Å². The number of nitrogens with zero attached hydrogens (tertiary/aromatic N) is 3. The molecule has 138 valence electrons. The SMILES string of the molecule is Cc1cc(NC(=O)c2nn(Cc3ccc(Cl)cc3Cl)c3c2CCC3)ccn1. The van der Waals surface area contributed by atoms with Crippen LogP contribution in [0.25, 0.3) is 0 Å². The summed E-state index contributed by atoms with van der Waals surface area (Å²) in [7, 11) is 0. The van der Waals surface area contributed by atoms with Crippen LogP contribution in [0.4, 0.5) is 5.69 Å². The van der Waals surface area contributed by atoms with E-state index in [0.717, 1.165) is 47.5 Å². The summed E-state index contributed by atoms with van der Waals surface area (Å²) in [6.45, 7) is 2.40. The van der Waals surface area contributed by atoms with Crippen LogP contribution >= 0.6 is 23.2 Å². The molecular formula is C20H18Cl2N4O. The Morgan fingerprint density at radius 1 is 1.22 bits per heavy atom. The highest BCUT2D eigenvalue weighted by Crippen LogP contribution is 2.28. The first-order chi connectivity index (χ1) is 13.0. The van der Waals surface area contributed by atoms with E-state index in [1.54, 1.807) is 18.3 Å². The Labute approximate surface area is 167 Å². The quantitative estimate of drug-likeness (QED) is 0.691. The van der Waals surface area contributed by atoms with Gasteiger partial charge in [-0.3, -0.25) is 14.5 Å².